The largest absolute Gasteiger partial charge is 0.462 e. The summed E-state index contributed by atoms with van der Waals surface area (Å²) < 4.78 is 17.6. The predicted octanol–water partition coefficient (Wildman–Crippen LogP) is 2.46. The van der Waals surface area contributed by atoms with Crippen LogP contribution in [0.1, 0.15) is 17.3 Å². The van der Waals surface area contributed by atoms with E-state index in [0.717, 1.165) is 0 Å². The molecule has 1 heterocycles. The molecule has 4 nitrogen and oxygen atoms in total. The third kappa shape index (κ3) is 2.68. The molecule has 0 saturated heterocycles. The monoisotopic (exact) mass is 246 g/mol. The van der Waals surface area contributed by atoms with Gasteiger partial charge >= 0.3 is 5.97 Å². The van der Waals surface area contributed by atoms with Crippen LogP contribution in [0.5, 0.6) is 0 Å². The van der Waals surface area contributed by atoms with Gasteiger partial charge in [-0.15, -0.1) is 0 Å². The molecule has 1 aromatic heterocycles. The second-order valence-corrected chi connectivity index (χ2v) is 3.52. The van der Waals surface area contributed by atoms with Crippen LogP contribution in [-0.4, -0.2) is 22.5 Å². The van der Waals surface area contributed by atoms with Crippen molar-refractivity contribution in [2.24, 2.45) is 0 Å². The van der Waals surface area contributed by atoms with Gasteiger partial charge in [0.15, 0.2) is 5.82 Å². The van der Waals surface area contributed by atoms with Gasteiger partial charge in [-0.1, -0.05) is 0 Å². The third-order valence-electron chi connectivity index (χ3n) is 2.27. The smallest absolute Gasteiger partial charge is 0.341 e. The molecule has 92 valence electrons. The molecule has 1 aromatic carbocycles. The average molecular weight is 246 g/mol. The minimum absolute atomic E-state index is 0.294. The van der Waals surface area contributed by atoms with Crippen molar-refractivity contribution in [2.75, 3.05) is 6.61 Å². The summed E-state index contributed by atoms with van der Waals surface area (Å²) in [5, 5.41) is 0. The standard InChI is InChI=1S/C13H11FN2O2/c1-2-18-13(17)10-7-15-12(16-8-10)9-3-5-11(14)6-4-9/h3-8H,2H2,1H3. The van der Waals surface area contributed by atoms with E-state index in [9.17, 15) is 9.18 Å². The Morgan fingerprint density at radius 3 is 2.39 bits per heavy atom. The molecule has 2 rings (SSSR count). The Labute approximate surface area is 103 Å². The number of ether oxygens (including phenoxy) is 1. The van der Waals surface area contributed by atoms with Gasteiger partial charge in [-0.25, -0.2) is 19.2 Å². The molecule has 0 bridgehead atoms. The molecule has 18 heavy (non-hydrogen) atoms. The predicted molar refractivity (Wildman–Crippen MR) is 63.4 cm³/mol. The molecule has 0 unspecified atom stereocenters. The van der Waals surface area contributed by atoms with Gasteiger partial charge in [-0.05, 0) is 31.2 Å². The quantitative estimate of drug-likeness (QED) is 0.780. The van der Waals surface area contributed by atoms with Crippen LogP contribution in [-0.2, 0) is 4.74 Å². The van der Waals surface area contributed by atoms with E-state index in [1.807, 2.05) is 0 Å². The number of carbonyl (C=O) groups is 1. The summed E-state index contributed by atoms with van der Waals surface area (Å²) in [6.45, 7) is 2.03. The molecule has 5 heteroatoms. The highest BCUT2D eigenvalue weighted by molar-refractivity contribution is 5.88. The lowest BCUT2D eigenvalue weighted by Crippen LogP contribution is -2.06. The van der Waals surface area contributed by atoms with Crippen LogP contribution in [0.4, 0.5) is 4.39 Å². The Balaban J connectivity index is 2.22. The van der Waals surface area contributed by atoms with Crippen molar-refractivity contribution in [1.82, 2.24) is 9.97 Å². The fourth-order valence-corrected chi connectivity index (χ4v) is 1.40. The molecule has 2 aromatic rings. The SMILES string of the molecule is CCOC(=O)c1cnc(-c2ccc(F)cc2)nc1. The van der Waals surface area contributed by atoms with E-state index in [0.29, 0.717) is 23.6 Å². The highest BCUT2D eigenvalue weighted by Gasteiger charge is 2.08. The lowest BCUT2D eigenvalue weighted by molar-refractivity contribution is 0.0525. The van der Waals surface area contributed by atoms with Gasteiger partial charge in [-0.3, -0.25) is 0 Å². The van der Waals surface area contributed by atoms with Gasteiger partial charge in [0.25, 0.3) is 0 Å². The average Bonchev–Trinajstić information content (AvgIpc) is 2.40. The molecule has 0 saturated carbocycles. The summed E-state index contributed by atoms with van der Waals surface area (Å²) in [7, 11) is 0. The zero-order chi connectivity index (χ0) is 13.0. The molecule has 0 radical (unpaired) electrons. The topological polar surface area (TPSA) is 52.1 Å². The van der Waals surface area contributed by atoms with E-state index >= 15 is 0 Å². The normalized spacial score (nSPS) is 10.1. The number of nitrogens with zero attached hydrogens (tertiary/aromatic N) is 2. The second kappa shape index (κ2) is 5.35. The van der Waals surface area contributed by atoms with Crippen LogP contribution >= 0.6 is 0 Å². The van der Waals surface area contributed by atoms with Crippen LogP contribution in [0.3, 0.4) is 0 Å². The van der Waals surface area contributed by atoms with Crippen molar-refractivity contribution in [3.05, 3.63) is 48.0 Å². The zero-order valence-electron chi connectivity index (χ0n) is 9.76. The Hall–Kier alpha value is -2.30. The zero-order valence-corrected chi connectivity index (χ0v) is 9.76. The Morgan fingerprint density at radius 1 is 1.22 bits per heavy atom. The van der Waals surface area contributed by atoms with Crippen molar-refractivity contribution in [3.63, 3.8) is 0 Å². The Bertz CT molecular complexity index is 538. The first kappa shape index (κ1) is 12.2. The summed E-state index contributed by atoms with van der Waals surface area (Å²) in [6.07, 6.45) is 2.79. The van der Waals surface area contributed by atoms with Crippen molar-refractivity contribution in [3.8, 4) is 11.4 Å². The number of aromatic nitrogens is 2. The fraction of sp³-hybridized carbons (Fsp3) is 0.154. The van der Waals surface area contributed by atoms with Crippen LogP contribution in [0, 0.1) is 5.82 Å². The van der Waals surface area contributed by atoms with E-state index in [2.05, 4.69) is 9.97 Å². The van der Waals surface area contributed by atoms with Crippen LogP contribution in [0.15, 0.2) is 36.7 Å². The number of benzene rings is 1. The van der Waals surface area contributed by atoms with Gasteiger partial charge in [-0.2, -0.15) is 0 Å². The van der Waals surface area contributed by atoms with Crippen LogP contribution in [0.2, 0.25) is 0 Å². The summed E-state index contributed by atoms with van der Waals surface area (Å²) in [5.74, 6) is -0.340. The number of hydrogen-bond donors (Lipinski definition) is 0. The van der Waals surface area contributed by atoms with Crippen LogP contribution in [0.25, 0.3) is 11.4 Å². The Kier molecular flexibility index (Phi) is 3.62. The van der Waals surface area contributed by atoms with Gasteiger partial charge < -0.3 is 4.74 Å². The summed E-state index contributed by atoms with van der Waals surface area (Å²) in [6, 6.07) is 5.82. The number of hydrogen-bond acceptors (Lipinski definition) is 4. The molecule has 0 amide bonds. The van der Waals surface area contributed by atoms with Gasteiger partial charge in [0.2, 0.25) is 0 Å². The molecule has 0 atom stereocenters. The molecular formula is C13H11FN2O2. The van der Waals surface area contributed by atoms with Crippen LogP contribution < -0.4 is 0 Å². The lowest BCUT2D eigenvalue weighted by atomic mass is 10.2. The van der Waals surface area contributed by atoms with Crippen molar-refractivity contribution < 1.29 is 13.9 Å². The van der Waals surface area contributed by atoms with Crippen molar-refractivity contribution >= 4 is 5.97 Å². The maximum Gasteiger partial charge on any atom is 0.341 e. The molecule has 0 fully saturated rings. The van der Waals surface area contributed by atoms with E-state index < -0.39 is 5.97 Å². The van der Waals surface area contributed by atoms with E-state index in [-0.39, 0.29) is 5.82 Å². The van der Waals surface area contributed by atoms with Gasteiger partial charge in [0.1, 0.15) is 5.82 Å². The van der Waals surface area contributed by atoms with Crippen molar-refractivity contribution in [1.29, 1.82) is 0 Å². The fourth-order valence-electron chi connectivity index (χ4n) is 1.40. The first-order valence-corrected chi connectivity index (χ1v) is 5.46. The maximum absolute atomic E-state index is 12.8. The Morgan fingerprint density at radius 2 is 1.83 bits per heavy atom. The first-order chi connectivity index (χ1) is 8.70. The minimum atomic E-state index is -0.455. The summed E-state index contributed by atoms with van der Waals surface area (Å²) in [5.41, 5.74) is 0.981. The first-order valence-electron chi connectivity index (χ1n) is 5.46. The molecule has 0 aliphatic heterocycles. The summed E-state index contributed by atoms with van der Waals surface area (Å²) >= 11 is 0. The number of halogens is 1. The van der Waals surface area contributed by atoms with E-state index in [1.165, 1.54) is 24.5 Å². The molecule has 0 N–H and O–H groups in total. The summed E-state index contributed by atoms with van der Waals surface area (Å²) in [4.78, 5) is 19.5. The van der Waals surface area contributed by atoms with E-state index in [1.54, 1.807) is 19.1 Å². The molecule has 0 aliphatic rings. The lowest BCUT2D eigenvalue weighted by Gasteiger charge is -2.02. The minimum Gasteiger partial charge on any atom is -0.462 e. The molecular weight excluding hydrogens is 235 g/mol. The van der Waals surface area contributed by atoms with E-state index in [4.69, 9.17) is 4.74 Å². The second-order valence-electron chi connectivity index (χ2n) is 3.52. The maximum atomic E-state index is 12.8. The van der Waals surface area contributed by atoms with Crippen molar-refractivity contribution in [2.45, 2.75) is 6.92 Å². The van der Waals surface area contributed by atoms with Gasteiger partial charge in [0, 0.05) is 18.0 Å². The number of esters is 1. The highest BCUT2D eigenvalue weighted by atomic mass is 19.1. The molecule has 0 aliphatic carbocycles. The number of rotatable bonds is 3. The molecule has 0 spiro atoms. The third-order valence-corrected chi connectivity index (χ3v) is 2.27. The highest BCUT2D eigenvalue weighted by Crippen LogP contribution is 2.14. The number of carbonyl (C=O) groups excluding carboxylic acids is 1. The van der Waals surface area contributed by atoms with Gasteiger partial charge in [0.05, 0.1) is 12.2 Å².